The van der Waals surface area contributed by atoms with Crippen LogP contribution in [0.15, 0.2) is 18.2 Å². The number of imidazole rings is 1. The molecular formula is C17H20Cl2N2. The predicted molar refractivity (Wildman–Crippen MR) is 88.1 cm³/mol. The SMILES string of the molecule is ClCCc1nc2cccc(Cl)c2n1CC(C1CC1)C1CC1. The van der Waals surface area contributed by atoms with Crippen LogP contribution < -0.4 is 0 Å². The van der Waals surface area contributed by atoms with Gasteiger partial charge in [0.15, 0.2) is 0 Å². The number of benzene rings is 1. The summed E-state index contributed by atoms with van der Waals surface area (Å²) in [6.07, 6.45) is 6.45. The van der Waals surface area contributed by atoms with E-state index < -0.39 is 0 Å². The molecule has 0 bridgehead atoms. The lowest BCUT2D eigenvalue weighted by Crippen LogP contribution is -2.17. The maximum Gasteiger partial charge on any atom is 0.111 e. The number of fused-ring (bicyclic) bond motifs is 1. The van der Waals surface area contributed by atoms with Crippen LogP contribution in [-0.2, 0) is 13.0 Å². The fraction of sp³-hybridized carbons (Fsp3) is 0.588. The second-order valence-electron chi connectivity index (χ2n) is 6.52. The zero-order valence-corrected chi connectivity index (χ0v) is 13.6. The summed E-state index contributed by atoms with van der Waals surface area (Å²) in [5.74, 6) is 4.38. The molecule has 2 saturated carbocycles. The van der Waals surface area contributed by atoms with E-state index in [-0.39, 0.29) is 0 Å². The minimum absolute atomic E-state index is 0.610. The molecule has 0 radical (unpaired) electrons. The Morgan fingerprint density at radius 3 is 2.52 bits per heavy atom. The summed E-state index contributed by atoms with van der Waals surface area (Å²) >= 11 is 12.4. The van der Waals surface area contributed by atoms with Crippen molar-refractivity contribution < 1.29 is 0 Å². The normalized spacial score (nSPS) is 18.8. The first-order chi connectivity index (χ1) is 10.3. The van der Waals surface area contributed by atoms with Crippen LogP contribution in [0.2, 0.25) is 5.02 Å². The van der Waals surface area contributed by atoms with Crippen LogP contribution in [-0.4, -0.2) is 15.4 Å². The molecule has 4 rings (SSSR count). The minimum Gasteiger partial charge on any atom is -0.326 e. The van der Waals surface area contributed by atoms with Crippen molar-refractivity contribution in [3.05, 3.63) is 29.0 Å². The van der Waals surface area contributed by atoms with E-state index in [1.807, 2.05) is 12.1 Å². The Morgan fingerprint density at radius 2 is 1.90 bits per heavy atom. The molecule has 0 N–H and O–H groups in total. The maximum absolute atomic E-state index is 6.46. The number of hydrogen-bond acceptors (Lipinski definition) is 1. The van der Waals surface area contributed by atoms with Crippen LogP contribution in [0, 0.1) is 17.8 Å². The Balaban J connectivity index is 1.75. The summed E-state index contributed by atoms with van der Waals surface area (Å²) in [7, 11) is 0. The molecule has 0 spiro atoms. The van der Waals surface area contributed by atoms with E-state index >= 15 is 0 Å². The molecule has 0 atom stereocenters. The van der Waals surface area contributed by atoms with Crippen molar-refractivity contribution in [1.29, 1.82) is 0 Å². The van der Waals surface area contributed by atoms with Gasteiger partial charge in [-0.25, -0.2) is 4.98 Å². The van der Waals surface area contributed by atoms with Crippen LogP contribution in [0.3, 0.4) is 0 Å². The van der Waals surface area contributed by atoms with Crippen molar-refractivity contribution in [3.8, 4) is 0 Å². The number of aryl methyl sites for hydroxylation is 1. The average Bonchev–Trinajstić information content (AvgIpc) is 3.36. The highest BCUT2D eigenvalue weighted by Gasteiger charge is 2.41. The Bertz CT molecular complexity index is 644. The number of hydrogen-bond donors (Lipinski definition) is 0. The van der Waals surface area contributed by atoms with Gasteiger partial charge in [-0.3, -0.25) is 0 Å². The van der Waals surface area contributed by atoms with Gasteiger partial charge < -0.3 is 4.57 Å². The first kappa shape index (κ1) is 13.9. The molecule has 2 fully saturated rings. The molecule has 1 heterocycles. The predicted octanol–water partition coefficient (Wildman–Crippen LogP) is 4.91. The summed E-state index contributed by atoms with van der Waals surface area (Å²) in [4.78, 5) is 4.77. The van der Waals surface area contributed by atoms with Gasteiger partial charge in [0.2, 0.25) is 0 Å². The lowest BCUT2D eigenvalue weighted by molar-refractivity contribution is 0.349. The summed E-state index contributed by atoms with van der Waals surface area (Å²) in [5, 5.41) is 0.811. The van der Waals surface area contributed by atoms with E-state index in [1.54, 1.807) is 0 Å². The second-order valence-corrected chi connectivity index (χ2v) is 7.31. The lowest BCUT2D eigenvalue weighted by Gasteiger charge is -2.19. The minimum atomic E-state index is 0.610. The summed E-state index contributed by atoms with van der Waals surface area (Å²) in [6, 6.07) is 6.00. The highest BCUT2D eigenvalue weighted by molar-refractivity contribution is 6.35. The van der Waals surface area contributed by atoms with E-state index in [1.165, 1.54) is 25.7 Å². The van der Waals surface area contributed by atoms with Crippen molar-refractivity contribution in [1.82, 2.24) is 9.55 Å². The number of para-hydroxylation sites is 1. The molecule has 0 aliphatic heterocycles. The Labute approximate surface area is 135 Å². The van der Waals surface area contributed by atoms with E-state index in [4.69, 9.17) is 28.2 Å². The van der Waals surface area contributed by atoms with E-state index in [0.717, 1.165) is 52.6 Å². The molecule has 0 unspecified atom stereocenters. The van der Waals surface area contributed by atoms with Crippen molar-refractivity contribution >= 4 is 34.2 Å². The summed E-state index contributed by atoms with van der Waals surface area (Å²) < 4.78 is 2.36. The molecule has 0 amide bonds. The zero-order chi connectivity index (χ0) is 14.4. The number of nitrogens with zero attached hydrogens (tertiary/aromatic N) is 2. The molecule has 112 valence electrons. The van der Waals surface area contributed by atoms with Crippen LogP contribution >= 0.6 is 23.2 Å². The molecule has 0 saturated heterocycles. The molecule has 1 aromatic heterocycles. The fourth-order valence-electron chi connectivity index (χ4n) is 3.60. The van der Waals surface area contributed by atoms with E-state index in [2.05, 4.69) is 10.6 Å². The number of halogens is 2. The highest BCUT2D eigenvalue weighted by atomic mass is 35.5. The molecule has 1 aromatic carbocycles. The first-order valence-corrected chi connectivity index (χ1v) is 8.88. The number of aromatic nitrogens is 2. The highest BCUT2D eigenvalue weighted by Crippen LogP contribution is 2.50. The van der Waals surface area contributed by atoms with E-state index in [9.17, 15) is 0 Å². The second kappa shape index (κ2) is 5.48. The molecule has 2 aliphatic carbocycles. The Kier molecular flexibility index (Phi) is 3.63. The number of alkyl halides is 1. The quantitative estimate of drug-likeness (QED) is 0.691. The fourth-order valence-corrected chi connectivity index (χ4v) is 4.05. The number of rotatable bonds is 6. The molecular weight excluding hydrogens is 303 g/mol. The van der Waals surface area contributed by atoms with Gasteiger partial charge >= 0.3 is 0 Å². The van der Waals surface area contributed by atoms with Crippen LogP contribution in [0.4, 0.5) is 0 Å². The van der Waals surface area contributed by atoms with Crippen molar-refractivity contribution in [2.24, 2.45) is 17.8 Å². The molecule has 2 nitrogen and oxygen atoms in total. The largest absolute Gasteiger partial charge is 0.326 e. The van der Waals surface area contributed by atoms with Crippen molar-refractivity contribution in [2.45, 2.75) is 38.6 Å². The topological polar surface area (TPSA) is 17.8 Å². The van der Waals surface area contributed by atoms with Gasteiger partial charge in [0.05, 0.1) is 16.1 Å². The molecule has 2 aliphatic rings. The molecule has 4 heteroatoms. The van der Waals surface area contributed by atoms with Gasteiger partial charge in [0, 0.05) is 18.8 Å². The zero-order valence-electron chi connectivity index (χ0n) is 12.1. The van der Waals surface area contributed by atoms with Crippen LogP contribution in [0.25, 0.3) is 11.0 Å². The van der Waals surface area contributed by atoms with Crippen LogP contribution in [0.5, 0.6) is 0 Å². The van der Waals surface area contributed by atoms with Crippen molar-refractivity contribution in [3.63, 3.8) is 0 Å². The summed E-state index contributed by atoms with van der Waals surface area (Å²) in [6.45, 7) is 1.07. The molecule has 21 heavy (non-hydrogen) atoms. The lowest BCUT2D eigenvalue weighted by atomic mass is 9.97. The molecule has 2 aromatic rings. The third-order valence-corrected chi connectivity index (χ3v) is 5.46. The van der Waals surface area contributed by atoms with Crippen LogP contribution in [0.1, 0.15) is 31.5 Å². The first-order valence-electron chi connectivity index (χ1n) is 7.97. The third kappa shape index (κ3) is 2.68. The standard InChI is InChI=1S/C17H20Cl2N2/c18-9-8-16-20-15-3-1-2-14(19)17(15)21(16)10-13(11-4-5-11)12-6-7-12/h1-3,11-13H,4-10H2. The van der Waals surface area contributed by atoms with Gasteiger partial charge in [-0.15, -0.1) is 11.6 Å². The summed E-state index contributed by atoms with van der Waals surface area (Å²) in [5.41, 5.74) is 2.11. The van der Waals surface area contributed by atoms with Gasteiger partial charge in [-0.05, 0) is 55.6 Å². The van der Waals surface area contributed by atoms with E-state index in [0.29, 0.717) is 5.88 Å². The van der Waals surface area contributed by atoms with Crippen molar-refractivity contribution in [2.75, 3.05) is 5.88 Å². The van der Waals surface area contributed by atoms with Gasteiger partial charge in [0.25, 0.3) is 0 Å². The monoisotopic (exact) mass is 322 g/mol. The Morgan fingerprint density at radius 1 is 1.19 bits per heavy atom. The smallest absolute Gasteiger partial charge is 0.111 e. The maximum atomic E-state index is 6.46. The van der Waals surface area contributed by atoms with Gasteiger partial charge in [-0.1, -0.05) is 17.7 Å². The van der Waals surface area contributed by atoms with Gasteiger partial charge in [-0.2, -0.15) is 0 Å². The Hall–Kier alpha value is -0.730. The van der Waals surface area contributed by atoms with Gasteiger partial charge in [0.1, 0.15) is 5.82 Å². The average molecular weight is 323 g/mol. The third-order valence-electron chi connectivity index (χ3n) is 4.96.